The fraction of sp³-hybridized carbons (Fsp3) is 0.480. The number of amides is 1. The maximum Gasteiger partial charge on any atom is 0.263 e. The lowest BCUT2D eigenvalue weighted by Crippen LogP contribution is -2.37. The molecule has 1 aromatic carbocycles. The lowest BCUT2D eigenvalue weighted by molar-refractivity contribution is -0.116. The van der Waals surface area contributed by atoms with E-state index in [4.69, 9.17) is 4.98 Å². The van der Waals surface area contributed by atoms with Crippen molar-refractivity contribution >= 4 is 44.9 Å². The van der Waals surface area contributed by atoms with Crippen molar-refractivity contribution < 1.29 is 4.79 Å². The molecular weight excluding hydrogens is 438 g/mol. The van der Waals surface area contributed by atoms with Crippen LogP contribution in [0.25, 0.3) is 10.2 Å². The smallest absolute Gasteiger partial charge is 0.263 e. The summed E-state index contributed by atoms with van der Waals surface area (Å²) in [5.41, 5.74) is 3.56. The first-order chi connectivity index (χ1) is 15.6. The number of hydrogen-bond donors (Lipinski definition) is 0. The van der Waals surface area contributed by atoms with Gasteiger partial charge in [0.25, 0.3) is 5.56 Å². The van der Waals surface area contributed by atoms with E-state index in [0.717, 1.165) is 61.0 Å². The minimum atomic E-state index is 0.0480. The molecule has 0 bridgehead atoms. The molecular formula is C25H29N3O2S2. The van der Waals surface area contributed by atoms with E-state index < -0.39 is 0 Å². The van der Waals surface area contributed by atoms with Gasteiger partial charge in [0.2, 0.25) is 5.91 Å². The molecule has 0 saturated carbocycles. The second-order valence-corrected chi connectivity index (χ2v) is 10.8. The van der Waals surface area contributed by atoms with Crippen molar-refractivity contribution in [1.82, 2.24) is 9.55 Å². The van der Waals surface area contributed by atoms with E-state index >= 15 is 0 Å². The zero-order chi connectivity index (χ0) is 22.2. The van der Waals surface area contributed by atoms with Gasteiger partial charge in [-0.2, -0.15) is 0 Å². The van der Waals surface area contributed by atoms with Crippen molar-refractivity contribution in [2.75, 3.05) is 17.2 Å². The maximum atomic E-state index is 13.6. The van der Waals surface area contributed by atoms with Crippen LogP contribution >= 0.6 is 23.1 Å². The van der Waals surface area contributed by atoms with Crippen molar-refractivity contribution in [2.45, 2.75) is 70.0 Å². The molecule has 1 aliphatic carbocycles. The summed E-state index contributed by atoms with van der Waals surface area (Å²) in [4.78, 5) is 35.8. The van der Waals surface area contributed by atoms with Gasteiger partial charge < -0.3 is 4.90 Å². The predicted molar refractivity (Wildman–Crippen MR) is 133 cm³/mol. The zero-order valence-corrected chi connectivity index (χ0v) is 20.4. The third kappa shape index (κ3) is 3.79. The molecule has 5 nitrogen and oxygen atoms in total. The first-order valence-electron chi connectivity index (χ1n) is 11.7. The van der Waals surface area contributed by atoms with Gasteiger partial charge in [0.15, 0.2) is 5.16 Å². The van der Waals surface area contributed by atoms with E-state index in [-0.39, 0.29) is 23.3 Å². The summed E-state index contributed by atoms with van der Waals surface area (Å²) in [7, 11) is 0. The number of thioether (sulfide) groups is 1. The number of benzene rings is 1. The monoisotopic (exact) mass is 467 g/mol. The summed E-state index contributed by atoms with van der Waals surface area (Å²) >= 11 is 3.09. The average molecular weight is 468 g/mol. The van der Waals surface area contributed by atoms with E-state index in [0.29, 0.717) is 5.16 Å². The molecule has 32 heavy (non-hydrogen) atoms. The standard InChI is InChI=1S/C25H29N3O2S2/c1-3-16(2)28-24(30)22-18-11-5-7-13-20(18)32-23(22)26-25(28)31-15-21(29)27-14-8-10-17-9-4-6-12-19(17)27/h4,6,9,12,16H,3,5,7-8,10-11,13-15H2,1-2H3/t16-/m0/s1. The Balaban J connectivity index is 1.48. The quantitative estimate of drug-likeness (QED) is 0.373. The number of nitrogens with zero attached hydrogens (tertiary/aromatic N) is 3. The van der Waals surface area contributed by atoms with Crippen molar-refractivity contribution in [2.24, 2.45) is 0 Å². The van der Waals surface area contributed by atoms with E-state index in [1.165, 1.54) is 34.2 Å². The van der Waals surface area contributed by atoms with Crippen molar-refractivity contribution in [1.29, 1.82) is 0 Å². The number of aromatic nitrogens is 2. The number of para-hydroxylation sites is 1. The summed E-state index contributed by atoms with van der Waals surface area (Å²) in [6.07, 6.45) is 7.20. The number of rotatable bonds is 5. The van der Waals surface area contributed by atoms with Gasteiger partial charge in [0.05, 0.1) is 11.1 Å². The number of hydrogen-bond acceptors (Lipinski definition) is 5. The summed E-state index contributed by atoms with van der Waals surface area (Å²) in [6, 6.07) is 8.22. The summed E-state index contributed by atoms with van der Waals surface area (Å²) < 4.78 is 1.84. The Bertz CT molecular complexity index is 1230. The van der Waals surface area contributed by atoms with Crippen LogP contribution in [-0.2, 0) is 24.1 Å². The van der Waals surface area contributed by atoms with Crippen LogP contribution in [0.3, 0.4) is 0 Å². The minimum absolute atomic E-state index is 0.0480. The Hall–Kier alpha value is -2.12. The normalized spacial score (nSPS) is 16.6. The molecule has 5 rings (SSSR count). The third-order valence-corrected chi connectivity index (χ3v) is 8.88. The molecule has 1 aliphatic heterocycles. The van der Waals surface area contributed by atoms with Crippen LogP contribution < -0.4 is 10.5 Å². The molecule has 7 heteroatoms. The van der Waals surface area contributed by atoms with Crippen molar-refractivity contribution in [3.05, 3.63) is 50.6 Å². The number of anilines is 1. The van der Waals surface area contributed by atoms with Crippen LogP contribution in [0.5, 0.6) is 0 Å². The minimum Gasteiger partial charge on any atom is -0.311 e. The molecule has 0 saturated heterocycles. The van der Waals surface area contributed by atoms with Crippen LogP contribution in [0, 0.1) is 0 Å². The topological polar surface area (TPSA) is 55.2 Å². The molecule has 0 spiro atoms. The van der Waals surface area contributed by atoms with Crippen LogP contribution in [0.15, 0.2) is 34.2 Å². The Morgan fingerprint density at radius 1 is 1.19 bits per heavy atom. The number of fused-ring (bicyclic) bond motifs is 4. The first-order valence-corrected chi connectivity index (χ1v) is 13.5. The lowest BCUT2D eigenvalue weighted by atomic mass is 9.97. The highest BCUT2D eigenvalue weighted by Crippen LogP contribution is 2.35. The van der Waals surface area contributed by atoms with Gasteiger partial charge >= 0.3 is 0 Å². The SMILES string of the molecule is CC[C@H](C)n1c(SCC(=O)N2CCCc3ccccc32)nc2sc3c(c2c1=O)CCCC3. The lowest BCUT2D eigenvalue weighted by Gasteiger charge is -2.29. The molecule has 0 N–H and O–H groups in total. The zero-order valence-electron chi connectivity index (χ0n) is 18.7. The third-order valence-electron chi connectivity index (χ3n) is 6.76. The summed E-state index contributed by atoms with van der Waals surface area (Å²) in [5.74, 6) is 0.367. The van der Waals surface area contributed by atoms with Gasteiger partial charge in [-0.1, -0.05) is 36.9 Å². The molecule has 0 fully saturated rings. The summed E-state index contributed by atoms with van der Waals surface area (Å²) in [6.45, 7) is 4.91. The van der Waals surface area contributed by atoms with Crippen LogP contribution in [0.4, 0.5) is 5.69 Å². The molecule has 3 aromatic rings. The number of carbonyl (C=O) groups is 1. The van der Waals surface area contributed by atoms with Gasteiger partial charge in [-0.05, 0) is 69.1 Å². The number of thiophene rings is 1. The summed E-state index contributed by atoms with van der Waals surface area (Å²) in [5, 5.41) is 1.50. The Kier molecular flexibility index (Phi) is 6.12. The number of aryl methyl sites for hydroxylation is 3. The van der Waals surface area contributed by atoms with Crippen molar-refractivity contribution in [3.63, 3.8) is 0 Å². The highest BCUT2D eigenvalue weighted by molar-refractivity contribution is 7.99. The van der Waals surface area contributed by atoms with Crippen LogP contribution in [0.1, 0.15) is 61.6 Å². The molecule has 0 unspecified atom stereocenters. The van der Waals surface area contributed by atoms with Gasteiger partial charge in [0, 0.05) is 23.2 Å². The highest BCUT2D eigenvalue weighted by Gasteiger charge is 2.26. The molecule has 168 valence electrons. The second-order valence-electron chi connectivity index (χ2n) is 8.78. The molecule has 2 aromatic heterocycles. The van der Waals surface area contributed by atoms with Crippen molar-refractivity contribution in [3.8, 4) is 0 Å². The van der Waals surface area contributed by atoms with Gasteiger partial charge in [-0.3, -0.25) is 14.2 Å². The van der Waals surface area contributed by atoms with E-state index in [1.807, 2.05) is 27.7 Å². The predicted octanol–water partition coefficient (Wildman–Crippen LogP) is 5.38. The van der Waals surface area contributed by atoms with Crippen LogP contribution in [-0.4, -0.2) is 27.8 Å². The van der Waals surface area contributed by atoms with Gasteiger partial charge in [-0.15, -0.1) is 11.3 Å². The second kappa shape index (κ2) is 9.02. The molecule has 1 amide bonds. The van der Waals surface area contributed by atoms with E-state index in [9.17, 15) is 9.59 Å². The molecule has 3 heterocycles. The van der Waals surface area contributed by atoms with E-state index in [1.54, 1.807) is 11.3 Å². The fourth-order valence-electron chi connectivity index (χ4n) is 4.87. The van der Waals surface area contributed by atoms with E-state index in [2.05, 4.69) is 19.9 Å². The molecule has 2 aliphatic rings. The molecule has 1 atom stereocenters. The van der Waals surface area contributed by atoms with Crippen LogP contribution in [0.2, 0.25) is 0 Å². The average Bonchev–Trinajstić information content (AvgIpc) is 3.20. The Morgan fingerprint density at radius 2 is 2.00 bits per heavy atom. The van der Waals surface area contributed by atoms with Gasteiger partial charge in [-0.25, -0.2) is 4.98 Å². The number of carbonyl (C=O) groups excluding carboxylic acids is 1. The maximum absolute atomic E-state index is 13.6. The Labute approximate surface area is 196 Å². The molecule has 0 radical (unpaired) electrons. The fourth-order valence-corrected chi connectivity index (χ4v) is 7.14. The highest BCUT2D eigenvalue weighted by atomic mass is 32.2. The Morgan fingerprint density at radius 3 is 2.84 bits per heavy atom. The first kappa shape index (κ1) is 21.7. The van der Waals surface area contributed by atoms with Gasteiger partial charge in [0.1, 0.15) is 4.83 Å². The largest absolute Gasteiger partial charge is 0.311 e.